The number of para-hydroxylation sites is 2. The van der Waals surface area contributed by atoms with Crippen LogP contribution in [-0.2, 0) is 0 Å². The highest BCUT2D eigenvalue weighted by Crippen LogP contribution is 2.51. The Bertz CT molecular complexity index is 1660. The number of phenolic OH excluding ortho intramolecular Hbond substituents is 1. The van der Waals surface area contributed by atoms with Gasteiger partial charge in [0.15, 0.2) is 0 Å². The highest BCUT2D eigenvalue weighted by atomic mass is 16.5. The van der Waals surface area contributed by atoms with Crippen LogP contribution < -0.4 is 4.74 Å². The van der Waals surface area contributed by atoms with Crippen molar-refractivity contribution in [2.75, 3.05) is 0 Å². The summed E-state index contributed by atoms with van der Waals surface area (Å²) in [7, 11) is 0. The maximum absolute atomic E-state index is 11.7. The lowest BCUT2D eigenvalue weighted by atomic mass is 9.82. The lowest BCUT2D eigenvalue weighted by Crippen LogP contribution is -1.96. The zero-order chi connectivity index (χ0) is 25.7. The van der Waals surface area contributed by atoms with E-state index in [1.54, 1.807) is 0 Å². The van der Waals surface area contributed by atoms with E-state index in [0.717, 1.165) is 56.0 Å². The molecule has 0 fully saturated rings. The quantitative estimate of drug-likeness (QED) is 0.252. The molecule has 2 nitrogen and oxygen atoms in total. The fourth-order valence-corrected chi connectivity index (χ4v) is 4.97. The van der Waals surface area contributed by atoms with Gasteiger partial charge in [-0.2, -0.15) is 0 Å². The molecule has 1 N–H and O–H groups in total. The van der Waals surface area contributed by atoms with Crippen molar-refractivity contribution in [3.63, 3.8) is 0 Å². The Labute approximate surface area is 223 Å². The molecule has 0 aliphatic carbocycles. The average molecular weight is 491 g/mol. The van der Waals surface area contributed by atoms with Crippen molar-refractivity contribution >= 4 is 0 Å². The molecule has 0 aliphatic rings. The van der Waals surface area contributed by atoms with Crippen LogP contribution in [0.3, 0.4) is 0 Å². The minimum atomic E-state index is 0.222. The summed E-state index contributed by atoms with van der Waals surface area (Å²) in [5, 5.41) is 11.7. The van der Waals surface area contributed by atoms with Crippen LogP contribution in [0, 0.1) is 0 Å². The summed E-state index contributed by atoms with van der Waals surface area (Å²) in [5.74, 6) is 1.70. The van der Waals surface area contributed by atoms with E-state index in [4.69, 9.17) is 4.74 Å². The van der Waals surface area contributed by atoms with Crippen molar-refractivity contribution in [2.24, 2.45) is 0 Å². The first-order chi connectivity index (χ1) is 18.8. The minimum absolute atomic E-state index is 0.222. The van der Waals surface area contributed by atoms with Crippen LogP contribution in [0.2, 0.25) is 0 Å². The molecule has 0 aliphatic heterocycles. The molecule has 0 saturated heterocycles. The van der Waals surface area contributed by atoms with Crippen molar-refractivity contribution in [3.8, 4) is 61.8 Å². The van der Waals surface area contributed by atoms with Gasteiger partial charge >= 0.3 is 0 Å². The van der Waals surface area contributed by atoms with Gasteiger partial charge in [0, 0.05) is 16.7 Å². The van der Waals surface area contributed by atoms with Crippen LogP contribution in [0.5, 0.6) is 17.2 Å². The molecule has 0 unspecified atom stereocenters. The predicted octanol–water partition coefficient (Wildman–Crippen LogP) is 9.85. The molecule has 0 saturated carbocycles. The second-order valence-corrected chi connectivity index (χ2v) is 9.08. The summed E-state index contributed by atoms with van der Waals surface area (Å²) < 4.78 is 6.37. The molecule has 0 radical (unpaired) electrons. The predicted molar refractivity (Wildman–Crippen MR) is 156 cm³/mol. The van der Waals surface area contributed by atoms with Gasteiger partial charge in [-0.05, 0) is 52.1 Å². The zero-order valence-corrected chi connectivity index (χ0v) is 20.8. The van der Waals surface area contributed by atoms with E-state index in [0.29, 0.717) is 0 Å². The standard InChI is InChI=1S/C36H26O2/c37-32-25-31(30-23-13-14-24-33(30)38-29-21-11-4-12-22-29)34(26-15-5-1-6-16-26)36(28-19-9-3-10-20-28)35(32)27-17-7-2-8-18-27/h1-25,37H. The zero-order valence-electron chi connectivity index (χ0n) is 20.8. The molecule has 6 aromatic carbocycles. The van der Waals surface area contributed by atoms with Gasteiger partial charge in [0.1, 0.15) is 17.2 Å². The van der Waals surface area contributed by atoms with Crippen LogP contribution in [0.25, 0.3) is 44.5 Å². The number of benzene rings is 6. The number of aromatic hydroxyl groups is 1. The maximum Gasteiger partial charge on any atom is 0.135 e. The number of hydrogen-bond donors (Lipinski definition) is 1. The van der Waals surface area contributed by atoms with Gasteiger partial charge in [-0.3, -0.25) is 0 Å². The topological polar surface area (TPSA) is 29.5 Å². The normalized spacial score (nSPS) is 10.7. The van der Waals surface area contributed by atoms with Crippen molar-refractivity contribution in [1.82, 2.24) is 0 Å². The van der Waals surface area contributed by atoms with Gasteiger partial charge in [-0.15, -0.1) is 0 Å². The lowest BCUT2D eigenvalue weighted by Gasteiger charge is -2.23. The number of ether oxygens (including phenoxy) is 1. The smallest absolute Gasteiger partial charge is 0.135 e. The molecular weight excluding hydrogens is 464 g/mol. The van der Waals surface area contributed by atoms with E-state index in [1.807, 2.05) is 109 Å². The molecule has 6 rings (SSSR count). The first kappa shape index (κ1) is 23.3. The second kappa shape index (κ2) is 10.5. The molecule has 0 amide bonds. The van der Waals surface area contributed by atoms with E-state index < -0.39 is 0 Å². The van der Waals surface area contributed by atoms with E-state index >= 15 is 0 Å². The highest BCUT2D eigenvalue weighted by molar-refractivity contribution is 6.04. The van der Waals surface area contributed by atoms with E-state index in [1.165, 1.54) is 0 Å². The van der Waals surface area contributed by atoms with E-state index in [-0.39, 0.29) is 5.75 Å². The number of phenols is 1. The van der Waals surface area contributed by atoms with Crippen LogP contribution in [0.4, 0.5) is 0 Å². The second-order valence-electron chi connectivity index (χ2n) is 9.08. The largest absolute Gasteiger partial charge is 0.507 e. The van der Waals surface area contributed by atoms with Crippen molar-refractivity contribution < 1.29 is 9.84 Å². The van der Waals surface area contributed by atoms with Crippen LogP contribution in [0.15, 0.2) is 152 Å². The summed E-state index contributed by atoms with van der Waals surface area (Å²) in [6.45, 7) is 0. The molecule has 6 aromatic rings. The maximum atomic E-state index is 11.7. The Morgan fingerprint density at radius 3 is 1.42 bits per heavy atom. The van der Waals surface area contributed by atoms with Gasteiger partial charge < -0.3 is 9.84 Å². The molecule has 0 heterocycles. The van der Waals surface area contributed by atoms with Crippen molar-refractivity contribution in [2.45, 2.75) is 0 Å². The first-order valence-electron chi connectivity index (χ1n) is 12.7. The molecule has 0 atom stereocenters. The van der Waals surface area contributed by atoms with Crippen LogP contribution in [-0.4, -0.2) is 5.11 Å². The molecule has 0 aromatic heterocycles. The van der Waals surface area contributed by atoms with Gasteiger partial charge in [0.05, 0.1) is 0 Å². The fourth-order valence-electron chi connectivity index (χ4n) is 4.97. The van der Waals surface area contributed by atoms with Gasteiger partial charge in [-0.25, -0.2) is 0 Å². The molecule has 0 bridgehead atoms. The third-order valence-electron chi connectivity index (χ3n) is 6.64. The third kappa shape index (κ3) is 4.56. The summed E-state index contributed by atoms with van der Waals surface area (Å²) in [4.78, 5) is 0. The molecular formula is C36H26O2. The van der Waals surface area contributed by atoms with Gasteiger partial charge in [-0.1, -0.05) is 127 Å². The van der Waals surface area contributed by atoms with Gasteiger partial charge in [0.25, 0.3) is 0 Å². The third-order valence-corrected chi connectivity index (χ3v) is 6.64. The fraction of sp³-hybridized carbons (Fsp3) is 0. The Kier molecular flexibility index (Phi) is 6.44. The number of rotatable bonds is 6. The molecule has 182 valence electrons. The summed E-state index contributed by atoms with van der Waals surface area (Å²) >= 11 is 0. The Balaban J connectivity index is 1.70. The molecule has 2 heteroatoms. The Morgan fingerprint density at radius 2 is 0.842 bits per heavy atom. The monoisotopic (exact) mass is 490 g/mol. The van der Waals surface area contributed by atoms with E-state index in [2.05, 4.69) is 42.5 Å². The Morgan fingerprint density at radius 1 is 0.395 bits per heavy atom. The Hall–Kier alpha value is -5.08. The van der Waals surface area contributed by atoms with Crippen molar-refractivity contribution in [3.05, 3.63) is 152 Å². The first-order valence-corrected chi connectivity index (χ1v) is 12.7. The minimum Gasteiger partial charge on any atom is -0.507 e. The summed E-state index contributed by atoms with van der Waals surface area (Å²) in [6.07, 6.45) is 0. The highest BCUT2D eigenvalue weighted by Gasteiger charge is 2.24. The SMILES string of the molecule is Oc1cc(-c2ccccc2Oc2ccccc2)c(-c2ccccc2)c(-c2ccccc2)c1-c1ccccc1. The van der Waals surface area contributed by atoms with Gasteiger partial charge in [0.2, 0.25) is 0 Å². The average Bonchev–Trinajstić information content (AvgIpc) is 2.99. The summed E-state index contributed by atoms with van der Waals surface area (Å²) in [6, 6.07) is 50.4. The molecule has 0 spiro atoms. The van der Waals surface area contributed by atoms with Crippen molar-refractivity contribution in [1.29, 1.82) is 0 Å². The van der Waals surface area contributed by atoms with Crippen LogP contribution >= 0.6 is 0 Å². The number of hydrogen-bond acceptors (Lipinski definition) is 2. The lowest BCUT2D eigenvalue weighted by molar-refractivity contribution is 0.477. The van der Waals surface area contributed by atoms with E-state index in [9.17, 15) is 5.11 Å². The van der Waals surface area contributed by atoms with Crippen LogP contribution in [0.1, 0.15) is 0 Å². The molecule has 38 heavy (non-hydrogen) atoms. The summed E-state index contributed by atoms with van der Waals surface area (Å²) in [5.41, 5.74) is 7.69.